The molecule has 3 nitrogen and oxygen atoms in total. The highest BCUT2D eigenvalue weighted by Crippen LogP contribution is 2.29. The third kappa shape index (κ3) is 4.80. The molecule has 0 aromatic heterocycles. The smallest absolute Gasteiger partial charge is 0.126 e. The van der Waals surface area contributed by atoms with Crippen molar-refractivity contribution in [1.29, 1.82) is 0 Å². The van der Waals surface area contributed by atoms with E-state index in [1.54, 1.807) is 0 Å². The van der Waals surface area contributed by atoms with Crippen molar-refractivity contribution < 1.29 is 18.6 Å². The summed E-state index contributed by atoms with van der Waals surface area (Å²) >= 11 is 0. The Morgan fingerprint density at radius 3 is 2.54 bits per heavy atom. The van der Waals surface area contributed by atoms with E-state index in [1.807, 2.05) is 18.2 Å². The summed E-state index contributed by atoms with van der Waals surface area (Å²) in [6.45, 7) is 6.38. The van der Waals surface area contributed by atoms with Crippen LogP contribution < -0.4 is 4.74 Å². The lowest BCUT2D eigenvalue weighted by Crippen LogP contribution is -2.25. The van der Waals surface area contributed by atoms with E-state index in [2.05, 4.69) is 18.7 Å². The zero-order valence-corrected chi connectivity index (χ0v) is 15.2. The van der Waals surface area contributed by atoms with Crippen molar-refractivity contribution in [2.75, 3.05) is 13.2 Å². The van der Waals surface area contributed by atoms with E-state index in [0.29, 0.717) is 44.1 Å². The molecule has 5 heteroatoms. The van der Waals surface area contributed by atoms with Crippen LogP contribution >= 0.6 is 0 Å². The zero-order valence-electron chi connectivity index (χ0n) is 15.2. The average Bonchev–Trinajstić information content (AvgIpc) is 2.74. The van der Waals surface area contributed by atoms with Gasteiger partial charge in [0.2, 0.25) is 0 Å². The second kappa shape index (κ2) is 8.14. The summed E-state index contributed by atoms with van der Waals surface area (Å²) < 4.78 is 32.7. The van der Waals surface area contributed by atoms with E-state index in [9.17, 15) is 13.9 Å². The molecule has 0 unspecified atom stereocenters. The van der Waals surface area contributed by atoms with Gasteiger partial charge in [-0.3, -0.25) is 4.90 Å². The maximum atomic E-state index is 13.4. The van der Waals surface area contributed by atoms with Crippen LogP contribution in [0, 0.1) is 17.6 Å². The molecule has 1 aliphatic rings. The number of benzene rings is 2. The summed E-state index contributed by atoms with van der Waals surface area (Å²) in [4.78, 5) is 2.10. The first-order valence-electron chi connectivity index (χ1n) is 9.01. The van der Waals surface area contributed by atoms with E-state index in [4.69, 9.17) is 4.74 Å². The molecule has 0 amide bonds. The lowest BCUT2D eigenvalue weighted by Gasteiger charge is -2.20. The number of aliphatic hydroxyl groups is 1. The molecule has 0 spiro atoms. The van der Waals surface area contributed by atoms with Gasteiger partial charge in [0, 0.05) is 31.3 Å². The van der Waals surface area contributed by atoms with E-state index in [-0.39, 0.29) is 0 Å². The molecule has 0 fully saturated rings. The van der Waals surface area contributed by atoms with Crippen LogP contribution in [-0.4, -0.2) is 23.2 Å². The number of nitrogens with zero attached hydrogens (tertiary/aromatic N) is 1. The first-order chi connectivity index (χ1) is 12.4. The Labute approximate surface area is 153 Å². The van der Waals surface area contributed by atoms with Gasteiger partial charge in [0.15, 0.2) is 0 Å². The van der Waals surface area contributed by atoms with Crippen LogP contribution in [0.5, 0.6) is 5.75 Å². The third-order valence-electron chi connectivity index (χ3n) is 4.55. The van der Waals surface area contributed by atoms with E-state index in [1.165, 1.54) is 12.1 Å². The molecule has 1 atom stereocenters. The monoisotopic (exact) mass is 361 g/mol. The van der Waals surface area contributed by atoms with Crippen LogP contribution in [0.2, 0.25) is 0 Å². The Morgan fingerprint density at radius 2 is 1.85 bits per heavy atom. The molecule has 2 aromatic carbocycles. The van der Waals surface area contributed by atoms with Gasteiger partial charge < -0.3 is 9.84 Å². The molecule has 0 aliphatic carbocycles. The first kappa shape index (κ1) is 18.8. The van der Waals surface area contributed by atoms with Crippen molar-refractivity contribution in [3.63, 3.8) is 0 Å². The summed E-state index contributed by atoms with van der Waals surface area (Å²) in [6, 6.07) is 9.39. The number of halogens is 2. The quantitative estimate of drug-likeness (QED) is 0.855. The maximum absolute atomic E-state index is 13.4. The highest BCUT2D eigenvalue weighted by molar-refractivity contribution is 5.38. The largest absolute Gasteiger partial charge is 0.492 e. The standard InChI is InChI=1S/C21H25F2NO2/c1-14(2)7-20(25)16-3-4-21-17(10-16)13-24(5-6-26-21)12-15-8-18(22)11-19(23)9-15/h3-4,8-11,14,20,25H,5-7,12-13H2,1-2H3/t20-/m1/s1. The van der Waals surface area contributed by atoms with Gasteiger partial charge in [-0.1, -0.05) is 19.9 Å². The fourth-order valence-electron chi connectivity index (χ4n) is 3.35. The van der Waals surface area contributed by atoms with Crippen molar-refractivity contribution in [3.8, 4) is 5.75 Å². The summed E-state index contributed by atoms with van der Waals surface area (Å²) in [6.07, 6.45) is 0.195. The molecule has 140 valence electrons. The molecule has 0 radical (unpaired) electrons. The zero-order chi connectivity index (χ0) is 18.7. The molecule has 26 heavy (non-hydrogen) atoms. The predicted molar refractivity (Wildman–Crippen MR) is 96.8 cm³/mol. The number of rotatable bonds is 5. The summed E-state index contributed by atoms with van der Waals surface area (Å²) in [5, 5.41) is 10.4. The molecule has 2 aromatic rings. The maximum Gasteiger partial charge on any atom is 0.126 e. The molecule has 3 rings (SSSR count). The van der Waals surface area contributed by atoms with E-state index >= 15 is 0 Å². The molecular formula is C21H25F2NO2. The Balaban J connectivity index is 1.77. The molecular weight excluding hydrogens is 336 g/mol. The minimum Gasteiger partial charge on any atom is -0.492 e. The van der Waals surface area contributed by atoms with Gasteiger partial charge in [-0.15, -0.1) is 0 Å². The lowest BCUT2D eigenvalue weighted by atomic mass is 9.97. The van der Waals surface area contributed by atoms with Gasteiger partial charge in [-0.2, -0.15) is 0 Å². The summed E-state index contributed by atoms with van der Waals surface area (Å²) in [5.74, 6) is 0.0778. The van der Waals surface area contributed by atoms with Gasteiger partial charge in [-0.25, -0.2) is 8.78 Å². The Bertz CT molecular complexity index is 743. The topological polar surface area (TPSA) is 32.7 Å². The second-order valence-corrected chi connectivity index (χ2v) is 7.35. The molecule has 1 heterocycles. The summed E-state index contributed by atoms with van der Waals surface area (Å²) in [5.41, 5.74) is 2.46. The van der Waals surface area contributed by atoms with E-state index < -0.39 is 17.7 Å². The predicted octanol–water partition coefficient (Wildman–Crippen LogP) is 4.44. The highest BCUT2D eigenvalue weighted by atomic mass is 19.1. The number of hydrogen-bond donors (Lipinski definition) is 1. The van der Waals surface area contributed by atoms with Gasteiger partial charge in [0.05, 0.1) is 6.10 Å². The minimum absolute atomic E-state index is 0.402. The molecule has 1 N–H and O–H groups in total. The fourth-order valence-corrected chi connectivity index (χ4v) is 3.35. The van der Waals surface area contributed by atoms with Gasteiger partial charge in [0.1, 0.15) is 24.0 Å². The van der Waals surface area contributed by atoms with Crippen LogP contribution in [0.3, 0.4) is 0 Å². The highest BCUT2D eigenvalue weighted by Gasteiger charge is 2.19. The van der Waals surface area contributed by atoms with Crippen LogP contribution in [0.15, 0.2) is 36.4 Å². The molecule has 0 saturated carbocycles. The van der Waals surface area contributed by atoms with Gasteiger partial charge in [-0.05, 0) is 47.7 Å². The Morgan fingerprint density at radius 1 is 1.12 bits per heavy atom. The first-order valence-corrected chi connectivity index (χ1v) is 9.01. The van der Waals surface area contributed by atoms with Gasteiger partial charge in [0.25, 0.3) is 0 Å². The van der Waals surface area contributed by atoms with Crippen LogP contribution in [0.4, 0.5) is 8.78 Å². The van der Waals surface area contributed by atoms with E-state index in [0.717, 1.165) is 22.9 Å². The molecule has 0 bridgehead atoms. The third-order valence-corrected chi connectivity index (χ3v) is 4.55. The minimum atomic E-state index is -0.564. The van der Waals surface area contributed by atoms with Crippen molar-refractivity contribution in [3.05, 3.63) is 64.7 Å². The second-order valence-electron chi connectivity index (χ2n) is 7.35. The Hall–Kier alpha value is -1.98. The Kier molecular flexibility index (Phi) is 5.89. The summed E-state index contributed by atoms with van der Waals surface area (Å²) in [7, 11) is 0. The number of ether oxygens (including phenoxy) is 1. The van der Waals surface area contributed by atoms with Crippen molar-refractivity contribution >= 4 is 0 Å². The van der Waals surface area contributed by atoms with Crippen LogP contribution in [0.1, 0.15) is 43.1 Å². The SMILES string of the molecule is CC(C)C[C@@H](O)c1ccc2c(c1)CN(Cc1cc(F)cc(F)c1)CCO2. The van der Waals surface area contributed by atoms with Crippen LogP contribution in [0.25, 0.3) is 0 Å². The fraction of sp³-hybridized carbons (Fsp3) is 0.429. The van der Waals surface area contributed by atoms with Gasteiger partial charge >= 0.3 is 0 Å². The van der Waals surface area contributed by atoms with Crippen molar-refractivity contribution in [2.45, 2.75) is 39.5 Å². The number of fused-ring (bicyclic) bond motifs is 1. The molecule has 1 aliphatic heterocycles. The van der Waals surface area contributed by atoms with Crippen molar-refractivity contribution in [2.24, 2.45) is 5.92 Å². The average molecular weight is 361 g/mol. The normalized spacial score (nSPS) is 16.1. The molecule has 0 saturated heterocycles. The number of aliphatic hydroxyl groups excluding tert-OH is 1. The number of hydrogen-bond acceptors (Lipinski definition) is 3. The lowest BCUT2D eigenvalue weighted by molar-refractivity contribution is 0.151. The van der Waals surface area contributed by atoms with Crippen molar-refractivity contribution in [1.82, 2.24) is 4.90 Å². The van der Waals surface area contributed by atoms with Crippen LogP contribution in [-0.2, 0) is 13.1 Å².